The summed E-state index contributed by atoms with van der Waals surface area (Å²) in [6, 6.07) is 8.37. The molecular formula is C16H24N2O2. The molecule has 110 valence electrons. The molecule has 2 rings (SSSR count). The van der Waals surface area contributed by atoms with E-state index in [-0.39, 0.29) is 11.9 Å². The van der Waals surface area contributed by atoms with Gasteiger partial charge in [0, 0.05) is 19.3 Å². The molecule has 0 heterocycles. The summed E-state index contributed by atoms with van der Waals surface area (Å²) in [5.74, 6) is -0.0654. The highest BCUT2D eigenvalue weighted by molar-refractivity contribution is 5.82. The molecule has 0 bridgehead atoms. The van der Waals surface area contributed by atoms with Crippen LogP contribution in [0.1, 0.15) is 25.3 Å². The number of likely N-dealkylation sites (N-methyl/N-ethyl adjacent to an activating group) is 1. The molecule has 20 heavy (non-hydrogen) atoms. The Hall–Kier alpha value is -1.55. The Bertz CT molecular complexity index is 468. The minimum Gasteiger partial charge on any atom is -0.468 e. The number of rotatable bonds is 6. The minimum absolute atomic E-state index is 0.243. The van der Waals surface area contributed by atoms with Crippen LogP contribution in [-0.4, -0.2) is 32.2 Å². The van der Waals surface area contributed by atoms with Gasteiger partial charge in [-0.3, -0.25) is 0 Å². The second-order valence-corrected chi connectivity index (χ2v) is 5.68. The number of esters is 1. The summed E-state index contributed by atoms with van der Waals surface area (Å²) in [6.07, 6.45) is 3.04. The van der Waals surface area contributed by atoms with Crippen molar-refractivity contribution in [2.24, 2.45) is 11.7 Å². The first-order valence-corrected chi connectivity index (χ1v) is 7.18. The van der Waals surface area contributed by atoms with Crippen LogP contribution in [0.3, 0.4) is 0 Å². The molecule has 1 unspecified atom stereocenters. The molecule has 4 heteroatoms. The molecule has 1 fully saturated rings. The molecule has 0 saturated heterocycles. The Morgan fingerprint density at radius 1 is 1.40 bits per heavy atom. The first kappa shape index (κ1) is 14.9. The monoisotopic (exact) mass is 276 g/mol. The number of anilines is 1. The molecule has 1 aliphatic rings. The number of aryl methyl sites for hydroxylation is 1. The zero-order valence-corrected chi connectivity index (χ0v) is 12.6. The molecule has 0 spiro atoms. The summed E-state index contributed by atoms with van der Waals surface area (Å²) in [5, 5.41) is 0. The van der Waals surface area contributed by atoms with Crippen molar-refractivity contribution in [1.29, 1.82) is 0 Å². The smallest absolute Gasteiger partial charge is 0.327 e. The van der Waals surface area contributed by atoms with Gasteiger partial charge in [-0.05, 0) is 42.9 Å². The second kappa shape index (κ2) is 5.83. The van der Waals surface area contributed by atoms with Crippen LogP contribution in [0.2, 0.25) is 0 Å². The van der Waals surface area contributed by atoms with E-state index in [0.29, 0.717) is 6.54 Å². The number of carbonyl (C=O) groups is 1. The molecule has 1 atom stereocenters. The zero-order valence-electron chi connectivity index (χ0n) is 12.6. The number of nitrogens with two attached hydrogens (primary N) is 1. The summed E-state index contributed by atoms with van der Waals surface area (Å²) >= 11 is 0. The number of methoxy groups -OCH3 is 1. The maximum atomic E-state index is 12.0. The summed E-state index contributed by atoms with van der Waals surface area (Å²) in [5.41, 5.74) is 7.81. The lowest BCUT2D eigenvalue weighted by molar-refractivity contribution is -0.147. The fraction of sp³-hybridized carbons (Fsp3) is 0.562. The summed E-state index contributed by atoms with van der Waals surface area (Å²) in [7, 11) is 3.37. The maximum absolute atomic E-state index is 12.0. The fourth-order valence-corrected chi connectivity index (χ4v) is 2.62. The van der Waals surface area contributed by atoms with Gasteiger partial charge >= 0.3 is 5.97 Å². The van der Waals surface area contributed by atoms with E-state index in [0.717, 1.165) is 24.9 Å². The van der Waals surface area contributed by atoms with Crippen LogP contribution in [0, 0.1) is 5.92 Å². The van der Waals surface area contributed by atoms with Gasteiger partial charge in [0.2, 0.25) is 0 Å². The largest absolute Gasteiger partial charge is 0.468 e. The number of ether oxygens (including phenoxy) is 1. The standard InChI is InChI=1S/C16H24N2O2/c1-4-12-5-9-14(10-6-12)18(2)11-16(17,13-7-8-13)15(19)20-3/h5-6,9-10,13H,4,7-8,11,17H2,1-3H3. The predicted molar refractivity (Wildman–Crippen MR) is 80.7 cm³/mol. The van der Waals surface area contributed by atoms with Crippen molar-refractivity contribution in [3.05, 3.63) is 29.8 Å². The Kier molecular flexibility index (Phi) is 4.33. The lowest BCUT2D eigenvalue weighted by atomic mass is 9.93. The van der Waals surface area contributed by atoms with Gasteiger partial charge in [-0.2, -0.15) is 0 Å². The number of carbonyl (C=O) groups excluding carboxylic acids is 1. The van der Waals surface area contributed by atoms with Crippen molar-refractivity contribution in [3.8, 4) is 0 Å². The van der Waals surface area contributed by atoms with Gasteiger partial charge in [-0.15, -0.1) is 0 Å². The van der Waals surface area contributed by atoms with Gasteiger partial charge in [0.15, 0.2) is 0 Å². The molecular weight excluding hydrogens is 252 g/mol. The summed E-state index contributed by atoms with van der Waals surface area (Å²) in [6.45, 7) is 2.61. The quantitative estimate of drug-likeness (QED) is 0.807. The molecule has 0 aromatic heterocycles. The zero-order chi connectivity index (χ0) is 14.8. The Morgan fingerprint density at radius 2 is 2.00 bits per heavy atom. The topological polar surface area (TPSA) is 55.6 Å². The highest BCUT2D eigenvalue weighted by atomic mass is 16.5. The van der Waals surface area contributed by atoms with E-state index in [1.54, 1.807) is 0 Å². The molecule has 1 aromatic carbocycles. The Morgan fingerprint density at radius 3 is 2.45 bits per heavy atom. The van der Waals surface area contributed by atoms with E-state index in [1.165, 1.54) is 12.7 Å². The number of hydrogen-bond donors (Lipinski definition) is 1. The number of benzene rings is 1. The third-order valence-electron chi connectivity index (χ3n) is 4.16. The molecule has 4 nitrogen and oxygen atoms in total. The second-order valence-electron chi connectivity index (χ2n) is 5.68. The lowest BCUT2D eigenvalue weighted by Crippen LogP contribution is -2.58. The van der Waals surface area contributed by atoms with Crippen LogP contribution in [0.15, 0.2) is 24.3 Å². The van der Waals surface area contributed by atoms with Crippen molar-refractivity contribution < 1.29 is 9.53 Å². The Balaban J connectivity index is 2.11. The summed E-state index contributed by atoms with van der Waals surface area (Å²) in [4.78, 5) is 14.0. The van der Waals surface area contributed by atoms with Crippen molar-refractivity contribution >= 4 is 11.7 Å². The van der Waals surface area contributed by atoms with Gasteiger partial charge in [0.25, 0.3) is 0 Å². The predicted octanol–water partition coefficient (Wildman–Crippen LogP) is 1.97. The molecule has 2 N–H and O–H groups in total. The van der Waals surface area contributed by atoms with E-state index < -0.39 is 5.54 Å². The van der Waals surface area contributed by atoms with Crippen molar-refractivity contribution in [2.45, 2.75) is 31.7 Å². The highest BCUT2D eigenvalue weighted by Gasteiger charge is 2.49. The average molecular weight is 276 g/mol. The average Bonchev–Trinajstić information content (AvgIpc) is 3.31. The molecule has 1 aromatic rings. The van der Waals surface area contributed by atoms with Crippen LogP contribution in [0.25, 0.3) is 0 Å². The fourth-order valence-electron chi connectivity index (χ4n) is 2.62. The van der Waals surface area contributed by atoms with Crippen molar-refractivity contribution in [3.63, 3.8) is 0 Å². The van der Waals surface area contributed by atoms with E-state index >= 15 is 0 Å². The molecule has 0 amide bonds. The molecule has 1 saturated carbocycles. The van der Waals surface area contributed by atoms with Gasteiger partial charge < -0.3 is 15.4 Å². The first-order valence-electron chi connectivity index (χ1n) is 7.18. The van der Waals surface area contributed by atoms with Gasteiger partial charge in [-0.25, -0.2) is 4.79 Å². The third-order valence-corrected chi connectivity index (χ3v) is 4.16. The van der Waals surface area contributed by atoms with Gasteiger partial charge in [-0.1, -0.05) is 19.1 Å². The summed E-state index contributed by atoms with van der Waals surface area (Å²) < 4.78 is 4.90. The third kappa shape index (κ3) is 2.96. The number of hydrogen-bond acceptors (Lipinski definition) is 4. The number of nitrogens with zero attached hydrogens (tertiary/aromatic N) is 1. The molecule has 0 aliphatic heterocycles. The van der Waals surface area contributed by atoms with Crippen molar-refractivity contribution in [2.75, 3.05) is 25.6 Å². The van der Waals surface area contributed by atoms with Crippen LogP contribution in [-0.2, 0) is 16.0 Å². The van der Waals surface area contributed by atoms with E-state index in [9.17, 15) is 4.79 Å². The van der Waals surface area contributed by atoms with Crippen molar-refractivity contribution in [1.82, 2.24) is 0 Å². The molecule has 1 aliphatic carbocycles. The highest BCUT2D eigenvalue weighted by Crippen LogP contribution is 2.39. The first-order chi connectivity index (χ1) is 9.51. The SMILES string of the molecule is CCc1ccc(N(C)CC(N)(C(=O)OC)C2CC2)cc1. The van der Waals surface area contributed by atoms with Crippen LogP contribution in [0.4, 0.5) is 5.69 Å². The normalized spacial score (nSPS) is 17.4. The van der Waals surface area contributed by atoms with Crippen LogP contribution >= 0.6 is 0 Å². The van der Waals surface area contributed by atoms with E-state index in [2.05, 4.69) is 31.2 Å². The maximum Gasteiger partial charge on any atom is 0.327 e. The van der Waals surface area contributed by atoms with E-state index in [4.69, 9.17) is 10.5 Å². The minimum atomic E-state index is -0.896. The molecule has 0 radical (unpaired) electrons. The van der Waals surface area contributed by atoms with Gasteiger partial charge in [0.1, 0.15) is 5.54 Å². The van der Waals surface area contributed by atoms with E-state index in [1.807, 2.05) is 11.9 Å². The van der Waals surface area contributed by atoms with Gasteiger partial charge in [0.05, 0.1) is 7.11 Å². The van der Waals surface area contributed by atoms with Crippen LogP contribution in [0.5, 0.6) is 0 Å². The van der Waals surface area contributed by atoms with Crippen LogP contribution < -0.4 is 10.6 Å². The Labute approximate surface area is 120 Å². The lowest BCUT2D eigenvalue weighted by Gasteiger charge is -2.32.